The van der Waals surface area contributed by atoms with Crippen molar-refractivity contribution in [2.75, 3.05) is 32.4 Å². The molecule has 3 aromatic carbocycles. The Morgan fingerprint density at radius 3 is 2.39 bits per heavy atom. The lowest BCUT2D eigenvalue weighted by Crippen LogP contribution is -2.44. The topological polar surface area (TPSA) is 99.9 Å². The molecule has 0 saturated carbocycles. The Bertz CT molecular complexity index is 1750. The maximum absolute atomic E-state index is 12.8. The molecular weight excluding hydrogens is 622 g/mol. The second kappa shape index (κ2) is 15.5. The first-order valence-corrected chi connectivity index (χ1v) is 17.1. The molecule has 46 heavy (non-hydrogen) atoms. The minimum Gasteiger partial charge on any atom is -0.451 e. The van der Waals surface area contributed by atoms with Gasteiger partial charge < -0.3 is 19.5 Å². The van der Waals surface area contributed by atoms with Crippen molar-refractivity contribution in [1.82, 2.24) is 15.1 Å². The Morgan fingerprint density at radius 1 is 0.978 bits per heavy atom. The van der Waals surface area contributed by atoms with Gasteiger partial charge in [-0.1, -0.05) is 53.6 Å². The number of piperidine rings is 1. The highest BCUT2D eigenvalue weighted by molar-refractivity contribution is 7.98. The number of nitrogens with one attached hydrogen (secondary N) is 1. The van der Waals surface area contributed by atoms with E-state index >= 15 is 0 Å². The molecule has 10 heteroatoms. The zero-order valence-electron chi connectivity index (χ0n) is 26.1. The second-order valence-corrected chi connectivity index (χ2v) is 12.9. The van der Waals surface area contributed by atoms with Crippen LogP contribution in [-0.4, -0.2) is 60.0 Å². The van der Waals surface area contributed by atoms with Gasteiger partial charge in [0.2, 0.25) is 11.8 Å². The second-order valence-electron chi connectivity index (χ2n) is 11.6. The maximum atomic E-state index is 12.8. The van der Waals surface area contributed by atoms with Gasteiger partial charge in [-0.3, -0.25) is 19.2 Å². The van der Waals surface area contributed by atoms with E-state index in [-0.39, 0.29) is 29.5 Å². The maximum Gasteiger partial charge on any atom is 0.287 e. The van der Waals surface area contributed by atoms with Crippen molar-refractivity contribution in [3.63, 3.8) is 0 Å². The average molecular weight is 660 g/mol. The zero-order chi connectivity index (χ0) is 32.6. The molecule has 3 heterocycles. The lowest BCUT2D eigenvalue weighted by molar-refractivity contribution is -0.131. The molecule has 0 atom stereocenters. The molecule has 1 N–H and O–H groups in total. The molecule has 0 aliphatic carbocycles. The van der Waals surface area contributed by atoms with Gasteiger partial charge in [0.05, 0.1) is 11.9 Å². The molecule has 2 fully saturated rings. The fraction of sp³-hybridized carbons (Fsp3) is 0.333. The number of carbonyl (C=O) groups excluding carboxylic acids is 3. The number of likely N-dealkylation sites (tertiary alicyclic amines) is 2. The van der Waals surface area contributed by atoms with Crippen LogP contribution in [0, 0.1) is 6.92 Å². The van der Waals surface area contributed by atoms with E-state index in [1.807, 2.05) is 60.5 Å². The van der Waals surface area contributed by atoms with Crippen LogP contribution < -0.4 is 10.7 Å². The summed E-state index contributed by atoms with van der Waals surface area (Å²) in [6.07, 6.45) is 5.11. The van der Waals surface area contributed by atoms with Crippen molar-refractivity contribution >= 4 is 52.1 Å². The third-order valence-corrected chi connectivity index (χ3v) is 9.42. The Labute approximate surface area is 278 Å². The summed E-state index contributed by atoms with van der Waals surface area (Å²) in [5.41, 5.74) is 3.72. The zero-order valence-corrected chi connectivity index (χ0v) is 27.7. The molecule has 0 bridgehead atoms. The number of nitrogens with zero attached hydrogens (tertiary/aromatic N) is 2. The lowest BCUT2D eigenvalue weighted by Gasteiger charge is -2.33. The van der Waals surface area contributed by atoms with E-state index in [0.29, 0.717) is 42.9 Å². The molecule has 4 aromatic rings. The highest BCUT2D eigenvalue weighted by atomic mass is 35.5. The number of halogens is 1. The highest BCUT2D eigenvalue weighted by Crippen LogP contribution is 2.31. The summed E-state index contributed by atoms with van der Waals surface area (Å²) in [4.78, 5) is 54.7. The van der Waals surface area contributed by atoms with E-state index in [9.17, 15) is 19.2 Å². The smallest absolute Gasteiger partial charge is 0.287 e. The van der Waals surface area contributed by atoms with Gasteiger partial charge in [0.1, 0.15) is 5.58 Å². The van der Waals surface area contributed by atoms with Gasteiger partial charge in [-0.15, -0.1) is 11.8 Å². The summed E-state index contributed by atoms with van der Waals surface area (Å²) in [7, 11) is 0. The third-order valence-electron chi connectivity index (χ3n) is 8.44. The number of hydrogen-bond donors (Lipinski definition) is 1. The minimum atomic E-state index is -0.591. The summed E-state index contributed by atoms with van der Waals surface area (Å²) in [6, 6.07) is 22.4. The number of hydrogen-bond acceptors (Lipinski definition) is 6. The number of amides is 3. The van der Waals surface area contributed by atoms with Gasteiger partial charge in [-0.05, 0) is 79.8 Å². The van der Waals surface area contributed by atoms with Crippen LogP contribution in [0.1, 0.15) is 58.8 Å². The Balaban J connectivity index is 0.000000455. The summed E-state index contributed by atoms with van der Waals surface area (Å²) in [5, 5.41) is 3.82. The SMILES string of the molecule is CSc1ccc2oc(C(=O)NCC(=O)N3CCC(c4ccccc4CN4CCCC4=O)CC3)cc(=O)c2c1.Cc1ccc(Cl)cc1. The summed E-state index contributed by atoms with van der Waals surface area (Å²) in [5.74, 6) is -0.331. The Hall–Kier alpha value is -4.08. The number of fused-ring (bicyclic) bond motifs is 1. The molecule has 2 saturated heterocycles. The molecule has 0 spiro atoms. The molecule has 1 aromatic heterocycles. The standard InChI is InChI=1S/C29H31N3O5S.C7H7Cl/c1-38-21-8-9-25-23(15-21)24(33)16-26(37-25)29(36)30-17-28(35)31-13-10-19(11-14-31)22-6-3-2-5-20(22)18-32-12-4-7-27(32)34;1-6-2-4-7(8)5-3-6/h2-3,5-6,8-9,15-16,19H,4,7,10-14,17-18H2,1H3,(H,30,36);2-5H,1H3. The largest absolute Gasteiger partial charge is 0.451 e. The normalized spacial score (nSPS) is 15.1. The van der Waals surface area contributed by atoms with Gasteiger partial charge in [0.15, 0.2) is 11.2 Å². The molecule has 2 aliphatic rings. The van der Waals surface area contributed by atoms with E-state index in [1.54, 1.807) is 17.0 Å². The molecule has 0 unspecified atom stereocenters. The molecule has 240 valence electrons. The van der Waals surface area contributed by atoms with Crippen LogP contribution in [-0.2, 0) is 16.1 Å². The first-order valence-electron chi connectivity index (χ1n) is 15.5. The van der Waals surface area contributed by atoms with Crippen LogP contribution in [0.25, 0.3) is 11.0 Å². The van der Waals surface area contributed by atoms with E-state index in [0.717, 1.165) is 35.7 Å². The van der Waals surface area contributed by atoms with E-state index in [4.69, 9.17) is 16.0 Å². The fourth-order valence-electron chi connectivity index (χ4n) is 5.86. The number of rotatable bonds is 7. The average Bonchev–Trinajstić information content (AvgIpc) is 3.48. The van der Waals surface area contributed by atoms with Crippen LogP contribution >= 0.6 is 23.4 Å². The van der Waals surface area contributed by atoms with E-state index < -0.39 is 5.91 Å². The first kappa shape index (κ1) is 33.3. The van der Waals surface area contributed by atoms with Crippen LogP contribution in [0.15, 0.2) is 86.9 Å². The first-order chi connectivity index (χ1) is 22.2. The van der Waals surface area contributed by atoms with Gasteiger partial charge >= 0.3 is 0 Å². The van der Waals surface area contributed by atoms with Crippen molar-refractivity contribution < 1.29 is 18.8 Å². The fourth-order valence-corrected chi connectivity index (χ4v) is 6.42. The number of thioether (sulfide) groups is 1. The van der Waals surface area contributed by atoms with Crippen molar-refractivity contribution in [1.29, 1.82) is 0 Å². The Kier molecular flexibility index (Phi) is 11.2. The molecule has 3 amide bonds. The summed E-state index contributed by atoms with van der Waals surface area (Å²) >= 11 is 7.13. The summed E-state index contributed by atoms with van der Waals surface area (Å²) in [6.45, 7) is 4.52. The van der Waals surface area contributed by atoms with Crippen LogP contribution in [0.3, 0.4) is 0 Å². The number of aryl methyl sites for hydroxylation is 1. The molecule has 0 radical (unpaired) electrons. The van der Waals surface area contributed by atoms with Gasteiger partial charge in [0, 0.05) is 48.6 Å². The monoisotopic (exact) mass is 659 g/mol. The van der Waals surface area contributed by atoms with Crippen molar-refractivity contribution in [2.24, 2.45) is 0 Å². The quantitative estimate of drug-likeness (QED) is 0.230. The molecule has 6 rings (SSSR count). The van der Waals surface area contributed by atoms with E-state index in [1.165, 1.54) is 34.5 Å². The van der Waals surface area contributed by atoms with E-state index in [2.05, 4.69) is 17.4 Å². The third kappa shape index (κ3) is 8.39. The van der Waals surface area contributed by atoms with Gasteiger partial charge in [0.25, 0.3) is 5.91 Å². The predicted octanol–water partition coefficient (Wildman–Crippen LogP) is 6.42. The van der Waals surface area contributed by atoms with Gasteiger partial charge in [-0.2, -0.15) is 0 Å². The minimum absolute atomic E-state index is 0.112. The van der Waals surface area contributed by atoms with Crippen molar-refractivity contribution in [3.05, 3.63) is 110 Å². The van der Waals surface area contributed by atoms with Crippen LogP contribution in [0.5, 0.6) is 0 Å². The van der Waals surface area contributed by atoms with Crippen molar-refractivity contribution in [2.45, 2.75) is 50.0 Å². The summed E-state index contributed by atoms with van der Waals surface area (Å²) < 4.78 is 5.64. The molecule has 8 nitrogen and oxygen atoms in total. The Morgan fingerprint density at radius 2 is 1.72 bits per heavy atom. The van der Waals surface area contributed by atoms with Crippen LogP contribution in [0.4, 0.5) is 0 Å². The predicted molar refractivity (Wildman–Crippen MR) is 182 cm³/mol. The highest BCUT2D eigenvalue weighted by Gasteiger charge is 2.27. The van der Waals surface area contributed by atoms with Crippen LogP contribution in [0.2, 0.25) is 5.02 Å². The van der Waals surface area contributed by atoms with Crippen molar-refractivity contribution in [3.8, 4) is 0 Å². The van der Waals surface area contributed by atoms with Gasteiger partial charge in [-0.25, -0.2) is 0 Å². The lowest BCUT2D eigenvalue weighted by atomic mass is 9.86. The number of benzene rings is 3. The molecular formula is C36H38ClN3O5S. The number of carbonyl (C=O) groups is 3. The molecule has 2 aliphatic heterocycles.